The van der Waals surface area contributed by atoms with Crippen LogP contribution in [0.25, 0.3) is 0 Å². The molecule has 0 aliphatic rings. The van der Waals surface area contributed by atoms with Crippen molar-refractivity contribution in [1.29, 1.82) is 0 Å². The third-order valence-corrected chi connectivity index (χ3v) is 3.98. The van der Waals surface area contributed by atoms with Crippen LogP contribution in [0.15, 0.2) is 16.6 Å². The molecular formula is C12H16BrFN2OS. The fourth-order valence-corrected chi connectivity index (χ4v) is 2.27. The highest BCUT2D eigenvalue weighted by molar-refractivity contribution is 9.10. The zero-order valence-corrected chi connectivity index (χ0v) is 12.9. The van der Waals surface area contributed by atoms with Gasteiger partial charge in [0.25, 0.3) is 0 Å². The van der Waals surface area contributed by atoms with Gasteiger partial charge in [-0.2, -0.15) is 0 Å². The Morgan fingerprint density at radius 2 is 2.11 bits per heavy atom. The molecule has 1 aromatic carbocycles. The molecule has 0 atom stereocenters. The lowest BCUT2D eigenvalue weighted by molar-refractivity contribution is 0.215. The van der Waals surface area contributed by atoms with E-state index in [2.05, 4.69) is 15.9 Å². The molecule has 0 heterocycles. The average molecular weight is 335 g/mol. The summed E-state index contributed by atoms with van der Waals surface area (Å²) in [4.78, 5) is 1.81. The minimum absolute atomic E-state index is 0.0857. The number of likely N-dealkylation sites (N-methyl/N-ethyl adjacent to an activating group) is 1. The van der Waals surface area contributed by atoms with Gasteiger partial charge in [0.2, 0.25) is 0 Å². The molecule has 1 rings (SSSR count). The van der Waals surface area contributed by atoms with Crippen LogP contribution in [0.1, 0.15) is 19.4 Å². The summed E-state index contributed by atoms with van der Waals surface area (Å²) in [5.41, 5.74) is 5.77. The first kappa shape index (κ1) is 15.3. The Labute approximate surface area is 120 Å². The first-order valence-electron chi connectivity index (χ1n) is 5.35. The molecule has 3 N–H and O–H groups in total. The number of anilines is 1. The van der Waals surface area contributed by atoms with Crippen molar-refractivity contribution in [3.63, 3.8) is 0 Å². The van der Waals surface area contributed by atoms with Crippen LogP contribution in [0.3, 0.4) is 0 Å². The van der Waals surface area contributed by atoms with Crippen molar-refractivity contribution in [3.05, 3.63) is 28.0 Å². The second kappa shape index (κ2) is 5.50. The molecule has 0 unspecified atom stereocenters. The van der Waals surface area contributed by atoms with Gasteiger partial charge in [-0.25, -0.2) is 4.39 Å². The van der Waals surface area contributed by atoms with E-state index < -0.39 is 11.4 Å². The van der Waals surface area contributed by atoms with Crippen molar-refractivity contribution in [3.8, 4) is 0 Å². The van der Waals surface area contributed by atoms with Crippen LogP contribution in [0.2, 0.25) is 0 Å². The monoisotopic (exact) mass is 334 g/mol. The number of nitrogens with zero attached hydrogens (tertiary/aromatic N) is 1. The quantitative estimate of drug-likeness (QED) is 0.830. The zero-order valence-electron chi connectivity index (χ0n) is 10.5. The summed E-state index contributed by atoms with van der Waals surface area (Å²) in [6.07, 6.45) is 0. The lowest BCUT2D eigenvalue weighted by Crippen LogP contribution is -2.44. The molecule has 0 amide bonds. The molecule has 3 nitrogen and oxygen atoms in total. The summed E-state index contributed by atoms with van der Waals surface area (Å²) >= 11 is 8.00. The maximum Gasteiger partial charge on any atom is 0.161 e. The van der Waals surface area contributed by atoms with Gasteiger partial charge in [0, 0.05) is 12.6 Å². The van der Waals surface area contributed by atoms with Gasteiger partial charge in [0.1, 0.15) is 4.99 Å². The minimum atomic E-state index is -0.564. The van der Waals surface area contributed by atoms with E-state index in [1.165, 1.54) is 0 Å². The molecule has 0 radical (unpaired) electrons. The van der Waals surface area contributed by atoms with E-state index in [4.69, 9.17) is 18.0 Å². The number of nitrogens with two attached hydrogens (primary N) is 1. The van der Waals surface area contributed by atoms with Gasteiger partial charge < -0.3 is 15.7 Å². The highest BCUT2D eigenvalue weighted by Gasteiger charge is 2.26. The number of halogens is 2. The Balaban J connectivity index is 3.29. The van der Waals surface area contributed by atoms with Gasteiger partial charge in [0.15, 0.2) is 5.82 Å². The third kappa shape index (κ3) is 2.81. The van der Waals surface area contributed by atoms with E-state index in [9.17, 15) is 9.50 Å². The predicted molar refractivity (Wildman–Crippen MR) is 79.6 cm³/mol. The molecule has 0 saturated heterocycles. The van der Waals surface area contributed by atoms with Gasteiger partial charge in [-0.1, -0.05) is 12.2 Å². The predicted octanol–water partition coefficient (Wildman–Crippen LogP) is 2.43. The molecule has 0 aliphatic carbocycles. The Morgan fingerprint density at radius 3 is 2.56 bits per heavy atom. The van der Waals surface area contributed by atoms with Crippen molar-refractivity contribution in [1.82, 2.24) is 0 Å². The van der Waals surface area contributed by atoms with Crippen molar-refractivity contribution < 1.29 is 9.50 Å². The molecule has 1 aromatic rings. The lowest BCUT2D eigenvalue weighted by Gasteiger charge is -2.36. The number of thiocarbonyl (C=S) groups is 1. The molecule has 0 bridgehead atoms. The van der Waals surface area contributed by atoms with E-state index in [-0.39, 0.29) is 16.1 Å². The Kier molecular flexibility index (Phi) is 4.69. The minimum Gasteiger partial charge on any atom is -0.394 e. The first-order valence-corrected chi connectivity index (χ1v) is 6.55. The number of aliphatic hydroxyl groups excluding tert-OH is 1. The number of hydrogen-bond donors (Lipinski definition) is 2. The van der Waals surface area contributed by atoms with Gasteiger partial charge in [-0.15, -0.1) is 0 Å². The van der Waals surface area contributed by atoms with E-state index in [1.54, 1.807) is 24.1 Å². The maximum atomic E-state index is 14.3. The van der Waals surface area contributed by atoms with Crippen LogP contribution in [0.4, 0.5) is 10.1 Å². The second-order valence-electron chi connectivity index (χ2n) is 4.65. The largest absolute Gasteiger partial charge is 0.394 e. The second-order valence-corrected chi connectivity index (χ2v) is 5.89. The lowest BCUT2D eigenvalue weighted by atomic mass is 10.0. The van der Waals surface area contributed by atoms with Crippen molar-refractivity contribution in [2.45, 2.75) is 19.4 Å². The number of rotatable bonds is 4. The van der Waals surface area contributed by atoms with Crippen molar-refractivity contribution >= 4 is 38.8 Å². The van der Waals surface area contributed by atoms with Gasteiger partial charge >= 0.3 is 0 Å². The standard InChI is InChI=1S/C12H16BrFN2OS/c1-12(2,6-17)16(3)8-5-4-7(11(15)18)9(13)10(8)14/h4-5,17H,6H2,1-3H3,(H2,15,18). The number of aliphatic hydroxyl groups is 1. The third-order valence-electron chi connectivity index (χ3n) is 2.98. The number of hydrogen-bond acceptors (Lipinski definition) is 3. The highest BCUT2D eigenvalue weighted by atomic mass is 79.9. The topological polar surface area (TPSA) is 49.5 Å². The fourth-order valence-electron chi connectivity index (χ4n) is 1.42. The first-order chi connectivity index (χ1) is 8.22. The summed E-state index contributed by atoms with van der Waals surface area (Å²) < 4.78 is 14.5. The Bertz CT molecular complexity index is 479. The van der Waals surface area contributed by atoms with Crippen LogP contribution in [-0.4, -0.2) is 29.3 Å². The van der Waals surface area contributed by atoms with Gasteiger partial charge in [-0.05, 0) is 41.9 Å². The van der Waals surface area contributed by atoms with Gasteiger partial charge in [0.05, 0.1) is 22.3 Å². The van der Waals surface area contributed by atoms with Crippen LogP contribution >= 0.6 is 28.1 Å². The molecule has 0 aliphatic heterocycles. The molecule has 0 aromatic heterocycles. The van der Waals surface area contributed by atoms with E-state index in [0.29, 0.717) is 11.3 Å². The molecule has 0 saturated carbocycles. The van der Waals surface area contributed by atoms with Crippen LogP contribution in [-0.2, 0) is 0 Å². The van der Waals surface area contributed by atoms with Crippen LogP contribution in [0.5, 0.6) is 0 Å². The summed E-state index contributed by atoms with van der Waals surface area (Å²) in [6.45, 7) is 3.56. The molecule has 6 heteroatoms. The van der Waals surface area contributed by atoms with Crippen molar-refractivity contribution in [2.24, 2.45) is 5.73 Å². The Morgan fingerprint density at radius 1 is 1.56 bits per heavy atom. The zero-order chi connectivity index (χ0) is 14.1. The Hall–Kier alpha value is -0.720. The molecular weight excluding hydrogens is 319 g/mol. The van der Waals surface area contributed by atoms with Gasteiger partial charge in [-0.3, -0.25) is 0 Å². The number of benzene rings is 1. The summed E-state index contributed by atoms with van der Waals surface area (Å²) in [5, 5.41) is 9.31. The molecule has 100 valence electrons. The van der Waals surface area contributed by atoms with Crippen LogP contribution in [0, 0.1) is 5.82 Å². The molecule has 0 fully saturated rings. The normalized spacial score (nSPS) is 11.4. The SMILES string of the molecule is CN(c1ccc(C(N)=S)c(Br)c1F)C(C)(C)CO. The van der Waals surface area contributed by atoms with E-state index in [1.807, 2.05) is 13.8 Å². The fraction of sp³-hybridized carbons (Fsp3) is 0.417. The van der Waals surface area contributed by atoms with E-state index >= 15 is 0 Å². The molecule has 18 heavy (non-hydrogen) atoms. The summed E-state index contributed by atoms with van der Waals surface area (Å²) in [5.74, 6) is -0.440. The summed E-state index contributed by atoms with van der Waals surface area (Å²) in [6, 6.07) is 3.26. The molecule has 0 spiro atoms. The average Bonchev–Trinajstić information content (AvgIpc) is 2.31. The highest BCUT2D eigenvalue weighted by Crippen LogP contribution is 2.32. The van der Waals surface area contributed by atoms with Crippen molar-refractivity contribution in [2.75, 3.05) is 18.6 Å². The van der Waals surface area contributed by atoms with E-state index in [0.717, 1.165) is 0 Å². The van der Waals surface area contributed by atoms with Crippen LogP contribution < -0.4 is 10.6 Å². The maximum absolute atomic E-state index is 14.3. The smallest absolute Gasteiger partial charge is 0.161 e. The summed E-state index contributed by atoms with van der Waals surface area (Å²) in [7, 11) is 1.72.